The first kappa shape index (κ1) is 13.2. The van der Waals surface area contributed by atoms with Crippen molar-refractivity contribution in [2.45, 2.75) is 31.8 Å². The van der Waals surface area contributed by atoms with Crippen molar-refractivity contribution >= 4 is 9.84 Å². The van der Waals surface area contributed by atoms with Gasteiger partial charge in [-0.3, -0.25) is 0 Å². The van der Waals surface area contributed by atoms with Gasteiger partial charge in [0.2, 0.25) is 0 Å². The van der Waals surface area contributed by atoms with Gasteiger partial charge in [-0.1, -0.05) is 18.2 Å². The molecule has 0 aliphatic carbocycles. The summed E-state index contributed by atoms with van der Waals surface area (Å²) in [5.41, 5.74) is 8.36. The maximum Gasteiger partial charge on any atom is 0.158 e. The largest absolute Gasteiger partial charge is 0.329 e. The fourth-order valence-electron chi connectivity index (χ4n) is 1.57. The maximum atomic E-state index is 12.0. The molecule has 0 aliphatic rings. The van der Waals surface area contributed by atoms with Crippen LogP contribution in [0.5, 0.6) is 0 Å². The van der Waals surface area contributed by atoms with Crippen LogP contribution < -0.4 is 5.73 Å². The van der Waals surface area contributed by atoms with E-state index in [9.17, 15) is 8.42 Å². The van der Waals surface area contributed by atoms with Crippen molar-refractivity contribution in [3.8, 4) is 0 Å². The number of sulfone groups is 1. The molecule has 0 aliphatic heterocycles. The summed E-state index contributed by atoms with van der Waals surface area (Å²) >= 11 is 0. The van der Waals surface area contributed by atoms with E-state index in [1.807, 2.05) is 32.0 Å². The minimum atomic E-state index is -3.13. The molecular weight excluding hydrogens is 222 g/mol. The first-order valence-electron chi connectivity index (χ1n) is 5.35. The minimum Gasteiger partial charge on any atom is -0.329 e. The fourth-order valence-corrected chi connectivity index (χ4v) is 3.00. The van der Waals surface area contributed by atoms with Gasteiger partial charge in [-0.05, 0) is 37.5 Å². The number of hydrogen-bond acceptors (Lipinski definition) is 3. The molecule has 3 nitrogen and oxygen atoms in total. The molecule has 16 heavy (non-hydrogen) atoms. The van der Waals surface area contributed by atoms with Crippen molar-refractivity contribution in [1.29, 1.82) is 0 Å². The molecule has 0 amide bonds. The summed E-state index contributed by atoms with van der Waals surface area (Å²) in [4.78, 5) is 0. The number of rotatable bonds is 4. The summed E-state index contributed by atoms with van der Waals surface area (Å²) in [6.07, 6.45) is 0. The van der Waals surface area contributed by atoms with E-state index in [1.165, 1.54) is 0 Å². The van der Waals surface area contributed by atoms with E-state index < -0.39 is 15.1 Å². The molecule has 1 rings (SSSR count). The molecule has 0 saturated carbocycles. The number of hydrogen-bond donors (Lipinski definition) is 1. The number of nitrogens with two attached hydrogens (primary N) is 1. The third-order valence-corrected chi connectivity index (χ3v) is 5.04. The average molecular weight is 241 g/mol. The SMILES string of the molecule is Cc1cccc(C)c1CS(=O)(=O)C(C)CN. The topological polar surface area (TPSA) is 60.2 Å². The van der Waals surface area contributed by atoms with Gasteiger partial charge >= 0.3 is 0 Å². The van der Waals surface area contributed by atoms with Crippen LogP contribution in [0.4, 0.5) is 0 Å². The van der Waals surface area contributed by atoms with Crippen molar-refractivity contribution < 1.29 is 8.42 Å². The first-order valence-corrected chi connectivity index (χ1v) is 7.06. The van der Waals surface area contributed by atoms with Crippen LogP contribution >= 0.6 is 0 Å². The van der Waals surface area contributed by atoms with E-state index in [4.69, 9.17) is 5.73 Å². The standard InChI is InChI=1S/C12H19NO2S/c1-9-5-4-6-10(2)12(9)8-16(14,15)11(3)7-13/h4-6,11H,7-8,13H2,1-3H3. The van der Waals surface area contributed by atoms with Crippen molar-refractivity contribution in [2.24, 2.45) is 5.73 Å². The Bertz CT molecular complexity index is 446. The lowest BCUT2D eigenvalue weighted by atomic mass is 10.1. The number of aryl methyl sites for hydroxylation is 2. The maximum absolute atomic E-state index is 12.0. The molecule has 0 fully saturated rings. The van der Waals surface area contributed by atoms with Crippen molar-refractivity contribution in [3.05, 3.63) is 34.9 Å². The molecule has 1 atom stereocenters. The van der Waals surface area contributed by atoms with Crippen molar-refractivity contribution in [1.82, 2.24) is 0 Å². The zero-order chi connectivity index (χ0) is 12.3. The summed E-state index contributed by atoms with van der Waals surface area (Å²) in [6, 6.07) is 5.81. The second-order valence-electron chi connectivity index (χ2n) is 4.22. The van der Waals surface area contributed by atoms with Gasteiger partial charge in [-0.15, -0.1) is 0 Å². The molecule has 0 spiro atoms. The first-order chi connectivity index (χ1) is 7.38. The molecule has 1 unspecified atom stereocenters. The van der Waals surface area contributed by atoms with Crippen LogP contribution in [0.3, 0.4) is 0 Å². The van der Waals surface area contributed by atoms with Crippen LogP contribution in [-0.2, 0) is 15.6 Å². The van der Waals surface area contributed by atoms with Crippen LogP contribution in [0.15, 0.2) is 18.2 Å². The van der Waals surface area contributed by atoms with Crippen LogP contribution in [0.2, 0.25) is 0 Å². The Balaban J connectivity index is 3.06. The highest BCUT2D eigenvalue weighted by Gasteiger charge is 2.21. The van der Waals surface area contributed by atoms with E-state index in [1.54, 1.807) is 6.92 Å². The third-order valence-electron chi connectivity index (χ3n) is 2.93. The zero-order valence-electron chi connectivity index (χ0n) is 10.0. The van der Waals surface area contributed by atoms with Gasteiger partial charge in [-0.2, -0.15) is 0 Å². The minimum absolute atomic E-state index is 0.0872. The Hall–Kier alpha value is -0.870. The van der Waals surface area contributed by atoms with Crippen LogP contribution in [0, 0.1) is 13.8 Å². The van der Waals surface area contributed by atoms with Gasteiger partial charge in [0.05, 0.1) is 11.0 Å². The second kappa shape index (κ2) is 4.97. The van der Waals surface area contributed by atoms with E-state index in [0.29, 0.717) is 0 Å². The Morgan fingerprint density at radius 2 is 1.75 bits per heavy atom. The highest BCUT2D eigenvalue weighted by molar-refractivity contribution is 7.91. The lowest BCUT2D eigenvalue weighted by Crippen LogP contribution is -2.28. The molecular formula is C12H19NO2S. The molecule has 2 N–H and O–H groups in total. The molecule has 0 heterocycles. The molecule has 0 aromatic heterocycles. The Morgan fingerprint density at radius 3 is 2.19 bits per heavy atom. The molecule has 0 radical (unpaired) electrons. The van der Waals surface area contributed by atoms with Gasteiger partial charge in [0.15, 0.2) is 9.84 Å². The van der Waals surface area contributed by atoms with E-state index in [-0.39, 0.29) is 12.3 Å². The summed E-state index contributed by atoms with van der Waals surface area (Å²) in [7, 11) is -3.13. The van der Waals surface area contributed by atoms with E-state index >= 15 is 0 Å². The molecule has 90 valence electrons. The molecule has 1 aromatic rings. The normalized spacial score (nSPS) is 13.8. The average Bonchev–Trinajstić information content (AvgIpc) is 2.22. The van der Waals surface area contributed by atoms with Gasteiger partial charge < -0.3 is 5.73 Å². The molecule has 4 heteroatoms. The lowest BCUT2D eigenvalue weighted by molar-refractivity contribution is 0.583. The summed E-state index contributed by atoms with van der Waals surface area (Å²) in [5.74, 6) is 0.0872. The summed E-state index contributed by atoms with van der Waals surface area (Å²) in [6.45, 7) is 5.70. The van der Waals surface area contributed by atoms with Gasteiger partial charge in [0, 0.05) is 6.54 Å². The fraction of sp³-hybridized carbons (Fsp3) is 0.500. The second-order valence-corrected chi connectivity index (χ2v) is 6.64. The predicted octanol–water partition coefficient (Wildman–Crippen LogP) is 1.57. The quantitative estimate of drug-likeness (QED) is 0.870. The Labute approximate surface area is 97.6 Å². The highest BCUT2D eigenvalue weighted by atomic mass is 32.2. The van der Waals surface area contributed by atoms with Crippen molar-refractivity contribution in [3.63, 3.8) is 0 Å². The van der Waals surface area contributed by atoms with Crippen LogP contribution in [0.25, 0.3) is 0 Å². The van der Waals surface area contributed by atoms with E-state index in [0.717, 1.165) is 16.7 Å². The van der Waals surface area contributed by atoms with Gasteiger partial charge in [0.1, 0.15) is 0 Å². The highest BCUT2D eigenvalue weighted by Crippen LogP contribution is 2.18. The third kappa shape index (κ3) is 2.83. The number of benzene rings is 1. The van der Waals surface area contributed by atoms with Crippen LogP contribution in [-0.4, -0.2) is 20.2 Å². The van der Waals surface area contributed by atoms with Gasteiger partial charge in [0.25, 0.3) is 0 Å². The molecule has 0 bridgehead atoms. The Kier molecular flexibility index (Phi) is 4.10. The predicted molar refractivity (Wildman–Crippen MR) is 67.1 cm³/mol. The summed E-state index contributed by atoms with van der Waals surface area (Å²) in [5, 5.41) is -0.480. The lowest BCUT2D eigenvalue weighted by Gasteiger charge is -2.14. The Morgan fingerprint density at radius 1 is 1.25 bits per heavy atom. The molecule has 1 aromatic carbocycles. The molecule has 0 saturated heterocycles. The van der Waals surface area contributed by atoms with Gasteiger partial charge in [-0.25, -0.2) is 8.42 Å². The van der Waals surface area contributed by atoms with Crippen LogP contribution in [0.1, 0.15) is 23.6 Å². The summed E-state index contributed by atoms with van der Waals surface area (Å²) < 4.78 is 23.9. The smallest absolute Gasteiger partial charge is 0.158 e. The zero-order valence-corrected chi connectivity index (χ0v) is 10.8. The monoisotopic (exact) mass is 241 g/mol. The van der Waals surface area contributed by atoms with E-state index in [2.05, 4.69) is 0 Å². The van der Waals surface area contributed by atoms with Crippen molar-refractivity contribution in [2.75, 3.05) is 6.54 Å².